The quantitative estimate of drug-likeness (QED) is 0.504. The van der Waals surface area contributed by atoms with Crippen LogP contribution in [0.5, 0.6) is 0 Å². The number of nitrogens with one attached hydrogen (secondary N) is 2. The fraction of sp³-hybridized carbons (Fsp3) is 0.150. The van der Waals surface area contributed by atoms with Gasteiger partial charge in [-0.25, -0.2) is 9.97 Å². The number of hydrogen-bond acceptors (Lipinski definition) is 6. The average Bonchev–Trinajstić information content (AvgIpc) is 3.30. The third-order valence-electron chi connectivity index (χ3n) is 4.52. The summed E-state index contributed by atoms with van der Waals surface area (Å²) in [5, 5.41) is 8.42. The summed E-state index contributed by atoms with van der Waals surface area (Å²) in [4.78, 5) is 23.2. The van der Waals surface area contributed by atoms with Gasteiger partial charge in [0, 0.05) is 36.1 Å². The number of pyridine rings is 3. The van der Waals surface area contributed by atoms with Crippen LogP contribution in [0.1, 0.15) is 5.56 Å². The first-order valence-corrected chi connectivity index (χ1v) is 8.91. The third-order valence-corrected chi connectivity index (χ3v) is 4.52. The van der Waals surface area contributed by atoms with Gasteiger partial charge in [0.2, 0.25) is 0 Å². The van der Waals surface area contributed by atoms with Gasteiger partial charge in [-0.2, -0.15) is 5.10 Å². The van der Waals surface area contributed by atoms with Crippen molar-refractivity contribution in [2.24, 2.45) is 0 Å². The van der Waals surface area contributed by atoms with Crippen molar-refractivity contribution in [1.29, 1.82) is 0 Å². The number of H-pyrrole nitrogens is 2. The van der Waals surface area contributed by atoms with Crippen LogP contribution in [-0.2, 0) is 6.54 Å². The fourth-order valence-corrected chi connectivity index (χ4v) is 3.29. The van der Waals surface area contributed by atoms with Gasteiger partial charge in [0.1, 0.15) is 5.69 Å². The molecule has 2 N–H and O–H groups in total. The lowest BCUT2D eigenvalue weighted by Gasteiger charge is -2.10. The number of imidazole rings is 1. The lowest BCUT2D eigenvalue weighted by molar-refractivity contribution is 0.402. The summed E-state index contributed by atoms with van der Waals surface area (Å²) in [5.41, 5.74) is 6.10. The van der Waals surface area contributed by atoms with Gasteiger partial charge >= 0.3 is 0 Å². The van der Waals surface area contributed by atoms with Crippen molar-refractivity contribution in [3.05, 3.63) is 54.6 Å². The van der Waals surface area contributed by atoms with E-state index in [0.29, 0.717) is 11.5 Å². The molecule has 0 radical (unpaired) electrons. The molecule has 0 saturated heterocycles. The van der Waals surface area contributed by atoms with Crippen LogP contribution in [0, 0.1) is 0 Å². The lowest BCUT2D eigenvalue weighted by atomic mass is 10.1. The van der Waals surface area contributed by atoms with E-state index in [-0.39, 0.29) is 0 Å². The fourth-order valence-electron chi connectivity index (χ4n) is 3.29. The predicted molar refractivity (Wildman–Crippen MR) is 107 cm³/mol. The standard InChI is InChI=1S/C20H18N8/c1-28(2)11-12-6-13(9-21-8-12)16-7-14-17(10-23-16)26-27-18(14)20-24-15-4-3-5-22-19(15)25-20/h3-10H,11H2,1-2H3,(H,26,27)(H,22,24,25). The van der Waals surface area contributed by atoms with Crippen molar-refractivity contribution < 1.29 is 0 Å². The maximum absolute atomic E-state index is 4.58. The maximum Gasteiger partial charge on any atom is 0.178 e. The number of aromatic amines is 2. The molecule has 0 amide bonds. The Balaban J connectivity index is 1.60. The molecule has 0 aromatic carbocycles. The maximum atomic E-state index is 4.58. The van der Waals surface area contributed by atoms with E-state index in [1.807, 2.05) is 44.7 Å². The van der Waals surface area contributed by atoms with Crippen LogP contribution in [0.15, 0.2) is 49.1 Å². The molecule has 0 bridgehead atoms. The molecule has 0 aliphatic carbocycles. The molecule has 5 aromatic heterocycles. The predicted octanol–water partition coefficient (Wildman–Crippen LogP) is 3.02. The molecule has 0 unspecified atom stereocenters. The second-order valence-electron chi connectivity index (χ2n) is 6.97. The van der Waals surface area contributed by atoms with Gasteiger partial charge in [-0.15, -0.1) is 0 Å². The highest BCUT2D eigenvalue weighted by molar-refractivity contribution is 5.94. The summed E-state index contributed by atoms with van der Waals surface area (Å²) >= 11 is 0. The zero-order chi connectivity index (χ0) is 19.1. The number of aromatic nitrogens is 7. The van der Waals surface area contributed by atoms with E-state index in [4.69, 9.17) is 0 Å². The van der Waals surface area contributed by atoms with Crippen molar-refractivity contribution in [1.82, 2.24) is 40.0 Å². The molecule has 5 rings (SSSR count). The molecule has 8 heteroatoms. The molecule has 28 heavy (non-hydrogen) atoms. The minimum absolute atomic E-state index is 0.670. The van der Waals surface area contributed by atoms with E-state index in [2.05, 4.69) is 46.1 Å². The van der Waals surface area contributed by atoms with Gasteiger partial charge < -0.3 is 9.88 Å². The molecule has 0 aliphatic heterocycles. The van der Waals surface area contributed by atoms with Crippen molar-refractivity contribution in [2.75, 3.05) is 14.1 Å². The minimum Gasteiger partial charge on any atom is -0.335 e. The number of rotatable bonds is 4. The summed E-state index contributed by atoms with van der Waals surface area (Å²) in [6.45, 7) is 0.825. The van der Waals surface area contributed by atoms with Crippen LogP contribution in [0.4, 0.5) is 0 Å². The van der Waals surface area contributed by atoms with E-state index < -0.39 is 0 Å². The summed E-state index contributed by atoms with van der Waals surface area (Å²) in [6.07, 6.45) is 7.23. The van der Waals surface area contributed by atoms with E-state index in [0.717, 1.165) is 45.5 Å². The number of nitrogens with zero attached hydrogens (tertiary/aromatic N) is 6. The molecule has 0 atom stereocenters. The van der Waals surface area contributed by atoms with Gasteiger partial charge in [0.05, 0.1) is 22.9 Å². The highest BCUT2D eigenvalue weighted by atomic mass is 15.1. The normalized spacial score (nSPS) is 11.7. The van der Waals surface area contributed by atoms with E-state index in [9.17, 15) is 0 Å². The Labute approximate surface area is 160 Å². The van der Waals surface area contributed by atoms with Gasteiger partial charge in [-0.3, -0.25) is 15.1 Å². The van der Waals surface area contributed by atoms with Gasteiger partial charge in [-0.05, 0) is 43.9 Å². The molecular weight excluding hydrogens is 352 g/mol. The monoisotopic (exact) mass is 370 g/mol. The Morgan fingerprint density at radius 2 is 1.96 bits per heavy atom. The van der Waals surface area contributed by atoms with Crippen LogP contribution in [0.25, 0.3) is 44.8 Å². The molecular formula is C20H18N8. The van der Waals surface area contributed by atoms with Crippen molar-refractivity contribution in [3.8, 4) is 22.8 Å². The Hall–Kier alpha value is -3.65. The first-order chi connectivity index (χ1) is 13.7. The number of hydrogen-bond donors (Lipinski definition) is 2. The molecule has 0 spiro atoms. The Kier molecular flexibility index (Phi) is 3.84. The van der Waals surface area contributed by atoms with Crippen LogP contribution in [-0.4, -0.2) is 54.1 Å². The van der Waals surface area contributed by atoms with E-state index >= 15 is 0 Å². The zero-order valence-electron chi connectivity index (χ0n) is 15.5. The second kappa shape index (κ2) is 6.50. The Morgan fingerprint density at radius 1 is 1.04 bits per heavy atom. The third kappa shape index (κ3) is 2.89. The average molecular weight is 370 g/mol. The molecule has 138 valence electrons. The molecule has 0 saturated carbocycles. The first-order valence-electron chi connectivity index (χ1n) is 8.91. The van der Waals surface area contributed by atoms with Crippen LogP contribution in [0.2, 0.25) is 0 Å². The molecule has 5 aromatic rings. The Morgan fingerprint density at radius 3 is 2.82 bits per heavy atom. The van der Waals surface area contributed by atoms with Gasteiger partial charge in [0.25, 0.3) is 0 Å². The molecule has 0 aliphatic rings. The van der Waals surface area contributed by atoms with Crippen molar-refractivity contribution >= 4 is 22.1 Å². The molecule has 5 heterocycles. The van der Waals surface area contributed by atoms with E-state index in [1.165, 1.54) is 0 Å². The lowest BCUT2D eigenvalue weighted by Crippen LogP contribution is -2.10. The summed E-state index contributed by atoms with van der Waals surface area (Å²) < 4.78 is 0. The summed E-state index contributed by atoms with van der Waals surface area (Å²) in [7, 11) is 4.08. The largest absolute Gasteiger partial charge is 0.335 e. The van der Waals surface area contributed by atoms with Crippen molar-refractivity contribution in [3.63, 3.8) is 0 Å². The molecule has 8 nitrogen and oxygen atoms in total. The summed E-state index contributed by atoms with van der Waals surface area (Å²) in [6, 6.07) is 7.96. The minimum atomic E-state index is 0.670. The molecule has 0 fully saturated rings. The van der Waals surface area contributed by atoms with Crippen LogP contribution < -0.4 is 0 Å². The van der Waals surface area contributed by atoms with Crippen LogP contribution >= 0.6 is 0 Å². The van der Waals surface area contributed by atoms with Gasteiger partial charge in [-0.1, -0.05) is 0 Å². The smallest absolute Gasteiger partial charge is 0.178 e. The van der Waals surface area contributed by atoms with Crippen LogP contribution in [0.3, 0.4) is 0 Å². The topological polar surface area (TPSA) is 99.3 Å². The van der Waals surface area contributed by atoms with Crippen molar-refractivity contribution in [2.45, 2.75) is 6.54 Å². The van der Waals surface area contributed by atoms with Gasteiger partial charge in [0.15, 0.2) is 11.5 Å². The zero-order valence-corrected chi connectivity index (χ0v) is 15.5. The SMILES string of the molecule is CN(C)Cc1cncc(-c2cc3c(-c4nc5ncccc5[nH]4)n[nH]c3cn2)c1. The number of fused-ring (bicyclic) bond motifs is 2. The first kappa shape index (κ1) is 16.5. The van der Waals surface area contributed by atoms with E-state index in [1.54, 1.807) is 12.4 Å². The highest BCUT2D eigenvalue weighted by Gasteiger charge is 2.14. The summed E-state index contributed by atoms with van der Waals surface area (Å²) in [5.74, 6) is 0.677. The second-order valence-corrected chi connectivity index (χ2v) is 6.97. The highest BCUT2D eigenvalue weighted by Crippen LogP contribution is 2.28. The Bertz CT molecular complexity index is 1250.